The summed E-state index contributed by atoms with van der Waals surface area (Å²) in [4.78, 5) is 25.5. The first-order valence-electron chi connectivity index (χ1n) is 26.6. The smallest absolute Gasteiger partial charge is 0.306 e. The molecule has 62 heavy (non-hydrogen) atoms. The van der Waals surface area contributed by atoms with Crippen molar-refractivity contribution in [2.24, 2.45) is 0 Å². The number of rotatable bonds is 46. The Kier molecular flexibility index (Phi) is 41.3. The molecule has 0 aromatic carbocycles. The van der Waals surface area contributed by atoms with Gasteiger partial charge >= 0.3 is 11.9 Å². The molecule has 0 aromatic heterocycles. The predicted octanol–water partition coefficient (Wildman–Crippen LogP) is 12.5. The molecule has 0 bridgehead atoms. The van der Waals surface area contributed by atoms with E-state index in [1.54, 1.807) is 0 Å². The number of carbonyl (C=O) groups is 2. The number of aliphatic hydroxyl groups is 4. The molecular formula is C52H100O10. The Balaban J connectivity index is 2.22. The summed E-state index contributed by atoms with van der Waals surface area (Å²) in [5.74, 6) is -0.785. The van der Waals surface area contributed by atoms with Gasteiger partial charge in [0.15, 0.2) is 12.4 Å². The molecule has 2 unspecified atom stereocenters. The molecule has 1 saturated heterocycles. The predicted molar refractivity (Wildman–Crippen MR) is 252 cm³/mol. The van der Waals surface area contributed by atoms with Gasteiger partial charge in [0.05, 0.1) is 13.2 Å². The molecular weight excluding hydrogens is 785 g/mol. The van der Waals surface area contributed by atoms with Gasteiger partial charge in [-0.15, -0.1) is 0 Å². The number of aliphatic hydroxyl groups excluding tert-OH is 4. The molecule has 368 valence electrons. The minimum Gasteiger partial charge on any atom is -0.462 e. The second-order valence-corrected chi connectivity index (χ2v) is 18.7. The second-order valence-electron chi connectivity index (χ2n) is 18.7. The highest BCUT2D eigenvalue weighted by Gasteiger charge is 2.44. The molecule has 10 heteroatoms. The molecule has 4 N–H and O–H groups in total. The topological polar surface area (TPSA) is 152 Å². The molecule has 1 fully saturated rings. The average molecular weight is 885 g/mol. The lowest BCUT2D eigenvalue weighted by Gasteiger charge is -2.39. The van der Waals surface area contributed by atoms with E-state index in [9.17, 15) is 30.0 Å². The summed E-state index contributed by atoms with van der Waals surface area (Å²) in [6, 6.07) is 0. The molecule has 1 rings (SSSR count). The Hall–Kier alpha value is -1.30. The van der Waals surface area contributed by atoms with E-state index in [1.165, 1.54) is 199 Å². The van der Waals surface area contributed by atoms with Gasteiger partial charge in [-0.25, -0.2) is 0 Å². The van der Waals surface area contributed by atoms with Crippen LogP contribution in [0, 0.1) is 0 Å². The number of ether oxygens (including phenoxy) is 4. The van der Waals surface area contributed by atoms with Crippen molar-refractivity contribution in [3.8, 4) is 0 Å². The number of hydrogen-bond acceptors (Lipinski definition) is 10. The highest BCUT2D eigenvalue weighted by molar-refractivity contribution is 5.70. The number of esters is 2. The lowest BCUT2D eigenvalue weighted by Crippen LogP contribution is -2.59. The summed E-state index contributed by atoms with van der Waals surface area (Å²) in [6.45, 7) is 3.49. The van der Waals surface area contributed by atoms with Gasteiger partial charge in [-0.05, 0) is 12.8 Å². The quantitative estimate of drug-likeness (QED) is 0.0343. The molecule has 10 nitrogen and oxygen atoms in total. The van der Waals surface area contributed by atoms with Crippen LogP contribution in [0.3, 0.4) is 0 Å². The largest absolute Gasteiger partial charge is 0.462 e. The van der Waals surface area contributed by atoms with Crippen LogP contribution < -0.4 is 0 Å². The summed E-state index contributed by atoms with van der Waals surface area (Å²) < 4.78 is 22.3. The third-order valence-corrected chi connectivity index (χ3v) is 12.7. The Morgan fingerprint density at radius 2 is 0.758 bits per heavy atom. The zero-order chi connectivity index (χ0) is 45.1. The zero-order valence-corrected chi connectivity index (χ0v) is 40.4. The van der Waals surface area contributed by atoms with E-state index in [0.717, 1.165) is 32.1 Å². The van der Waals surface area contributed by atoms with Crippen molar-refractivity contribution in [2.45, 2.75) is 301 Å². The Morgan fingerprint density at radius 3 is 1.10 bits per heavy atom. The highest BCUT2D eigenvalue weighted by atomic mass is 16.7. The van der Waals surface area contributed by atoms with E-state index in [2.05, 4.69) is 13.8 Å². The first-order valence-corrected chi connectivity index (χ1v) is 26.6. The van der Waals surface area contributed by atoms with Crippen LogP contribution in [-0.2, 0) is 28.5 Å². The maximum Gasteiger partial charge on any atom is 0.306 e. The second kappa shape index (κ2) is 43.6. The van der Waals surface area contributed by atoms with Crippen LogP contribution in [0.5, 0.6) is 0 Å². The van der Waals surface area contributed by atoms with E-state index in [1.807, 2.05) is 0 Å². The van der Waals surface area contributed by atoms with Crippen molar-refractivity contribution in [1.82, 2.24) is 0 Å². The van der Waals surface area contributed by atoms with Crippen molar-refractivity contribution in [3.63, 3.8) is 0 Å². The normalized spacial score (nSPS) is 19.5. The molecule has 0 radical (unpaired) electrons. The van der Waals surface area contributed by atoms with Gasteiger partial charge in [-0.2, -0.15) is 0 Å². The van der Waals surface area contributed by atoms with Gasteiger partial charge in [0.25, 0.3) is 0 Å². The fourth-order valence-electron chi connectivity index (χ4n) is 8.55. The molecule has 6 atom stereocenters. The van der Waals surface area contributed by atoms with Gasteiger partial charge < -0.3 is 39.4 Å². The van der Waals surface area contributed by atoms with Gasteiger partial charge in [-0.1, -0.05) is 239 Å². The summed E-state index contributed by atoms with van der Waals surface area (Å²) >= 11 is 0. The van der Waals surface area contributed by atoms with Crippen LogP contribution in [0.25, 0.3) is 0 Å². The number of carbonyl (C=O) groups excluding carboxylic acids is 2. The van der Waals surface area contributed by atoms with E-state index in [0.29, 0.717) is 6.42 Å². The highest BCUT2D eigenvalue weighted by Crippen LogP contribution is 2.23. The molecule has 0 aliphatic carbocycles. The standard InChI is InChI=1S/C52H100O10/c1-3-5-7-9-11-13-15-17-19-21-22-23-24-25-27-29-31-33-35-37-39-41-48(55)61-45(44-60-52-51(58)50(57)49(56)46(42-53)62-52)43-59-47(54)40-38-36-34-32-30-28-26-20-18-16-14-12-10-8-6-4-2/h45-46,49-53,56-58H,3-44H2,1-2H3/t45-,46-,49+,50?,51?,52-/m1/s1. The van der Waals surface area contributed by atoms with Crippen molar-refractivity contribution < 1.29 is 49.0 Å². The molecule has 1 aliphatic rings. The van der Waals surface area contributed by atoms with Crippen molar-refractivity contribution in [1.29, 1.82) is 0 Å². The van der Waals surface area contributed by atoms with Crippen LogP contribution in [0.1, 0.15) is 264 Å². The average Bonchev–Trinajstić information content (AvgIpc) is 3.27. The third kappa shape index (κ3) is 34.1. The maximum atomic E-state index is 12.8. The summed E-state index contributed by atoms with van der Waals surface area (Å²) in [7, 11) is 0. The minimum atomic E-state index is -1.59. The summed E-state index contributed by atoms with van der Waals surface area (Å²) in [6.07, 6.45) is 39.7. The van der Waals surface area contributed by atoms with E-state index >= 15 is 0 Å². The molecule has 0 aromatic rings. The van der Waals surface area contributed by atoms with Crippen LogP contribution >= 0.6 is 0 Å². The van der Waals surface area contributed by atoms with Crippen LogP contribution in [-0.4, -0.2) is 89.0 Å². The van der Waals surface area contributed by atoms with Crippen LogP contribution in [0.4, 0.5) is 0 Å². The van der Waals surface area contributed by atoms with Crippen molar-refractivity contribution in [2.75, 3.05) is 19.8 Å². The van der Waals surface area contributed by atoms with Crippen LogP contribution in [0.2, 0.25) is 0 Å². The number of hydrogen-bond donors (Lipinski definition) is 4. The lowest BCUT2D eigenvalue weighted by molar-refractivity contribution is -0.305. The van der Waals surface area contributed by atoms with E-state index in [4.69, 9.17) is 18.9 Å². The first-order chi connectivity index (χ1) is 30.3. The summed E-state index contributed by atoms with van der Waals surface area (Å²) in [5.41, 5.74) is 0. The summed E-state index contributed by atoms with van der Waals surface area (Å²) in [5, 5.41) is 40.2. The molecule has 1 heterocycles. The fraction of sp³-hybridized carbons (Fsp3) is 0.962. The van der Waals surface area contributed by atoms with E-state index < -0.39 is 49.4 Å². The SMILES string of the molecule is CCCCCCCCCCCCCCCCCCCCCCCC(=O)O[C@H](COC(=O)CCCCCCCCCCCCCCCCCC)CO[C@@H]1O[C@H](CO)[C@H](O)C(O)C1O. The zero-order valence-electron chi connectivity index (χ0n) is 40.4. The van der Waals surface area contributed by atoms with Gasteiger partial charge in [0, 0.05) is 12.8 Å². The lowest BCUT2D eigenvalue weighted by atomic mass is 9.99. The van der Waals surface area contributed by atoms with Gasteiger partial charge in [0.2, 0.25) is 0 Å². The van der Waals surface area contributed by atoms with Gasteiger partial charge in [-0.3, -0.25) is 9.59 Å². The fourth-order valence-corrected chi connectivity index (χ4v) is 8.55. The number of unbranched alkanes of at least 4 members (excludes halogenated alkanes) is 35. The molecule has 0 saturated carbocycles. The van der Waals surface area contributed by atoms with Crippen LogP contribution in [0.15, 0.2) is 0 Å². The van der Waals surface area contributed by atoms with Gasteiger partial charge in [0.1, 0.15) is 31.0 Å². The maximum absolute atomic E-state index is 12.8. The third-order valence-electron chi connectivity index (χ3n) is 12.7. The Bertz CT molecular complexity index is 979. The molecule has 1 aliphatic heterocycles. The Morgan fingerprint density at radius 1 is 0.435 bits per heavy atom. The molecule has 0 spiro atoms. The monoisotopic (exact) mass is 885 g/mol. The van der Waals surface area contributed by atoms with Crippen molar-refractivity contribution in [3.05, 3.63) is 0 Å². The first kappa shape index (κ1) is 58.7. The Labute approximate surface area is 380 Å². The van der Waals surface area contributed by atoms with Crippen molar-refractivity contribution >= 4 is 11.9 Å². The van der Waals surface area contributed by atoms with E-state index in [-0.39, 0.29) is 32.0 Å². The minimum absolute atomic E-state index is 0.208. The molecule has 0 amide bonds.